The van der Waals surface area contributed by atoms with Crippen molar-refractivity contribution in [3.63, 3.8) is 0 Å². The largest absolute Gasteiger partial charge is 0.355 e. The number of carbonyl (C=O) groups is 1. The monoisotopic (exact) mass is 297 g/mol. The topological polar surface area (TPSA) is 87.3 Å². The Bertz CT molecular complexity index is 563. The zero-order valence-corrected chi connectivity index (χ0v) is 12.2. The Hall–Kier alpha value is -1.44. The third-order valence-electron chi connectivity index (χ3n) is 3.27. The summed E-state index contributed by atoms with van der Waals surface area (Å²) >= 11 is 0. The molecular formula is C13H19N3O3S. The first-order chi connectivity index (χ1) is 9.53. The molecule has 1 amide bonds. The van der Waals surface area contributed by atoms with Gasteiger partial charge in [0.15, 0.2) is 0 Å². The van der Waals surface area contributed by atoms with E-state index in [0.29, 0.717) is 12.1 Å². The van der Waals surface area contributed by atoms with Crippen LogP contribution in [0.2, 0.25) is 0 Å². The molecule has 6 nitrogen and oxygen atoms in total. The molecule has 20 heavy (non-hydrogen) atoms. The van der Waals surface area contributed by atoms with Crippen molar-refractivity contribution in [2.24, 2.45) is 0 Å². The minimum Gasteiger partial charge on any atom is -0.355 e. The Kier molecular flexibility index (Phi) is 4.74. The van der Waals surface area contributed by atoms with Crippen LogP contribution in [0.5, 0.6) is 0 Å². The number of benzene rings is 1. The summed E-state index contributed by atoms with van der Waals surface area (Å²) in [6.07, 6.45) is 1.80. The molecule has 0 saturated carbocycles. The molecule has 1 aromatic rings. The molecule has 0 aliphatic carbocycles. The molecule has 1 unspecified atom stereocenters. The Morgan fingerprint density at radius 2 is 2.00 bits per heavy atom. The van der Waals surface area contributed by atoms with Gasteiger partial charge in [-0.05, 0) is 43.7 Å². The van der Waals surface area contributed by atoms with Crippen LogP contribution in [0.1, 0.15) is 23.2 Å². The van der Waals surface area contributed by atoms with Crippen LogP contribution < -0.4 is 15.4 Å². The number of piperidine rings is 1. The van der Waals surface area contributed by atoms with Crippen LogP contribution in [0.25, 0.3) is 0 Å². The fourth-order valence-corrected chi connectivity index (χ4v) is 3.44. The highest BCUT2D eigenvalue weighted by atomic mass is 32.2. The van der Waals surface area contributed by atoms with E-state index in [9.17, 15) is 13.2 Å². The number of sulfonamides is 1. The van der Waals surface area contributed by atoms with Crippen LogP contribution in [-0.4, -0.2) is 40.5 Å². The van der Waals surface area contributed by atoms with E-state index in [1.807, 2.05) is 0 Å². The molecule has 0 aromatic heterocycles. The van der Waals surface area contributed by atoms with Gasteiger partial charge in [-0.2, -0.15) is 0 Å². The quantitative estimate of drug-likeness (QED) is 0.734. The molecule has 0 radical (unpaired) electrons. The first-order valence-electron chi connectivity index (χ1n) is 6.58. The van der Waals surface area contributed by atoms with E-state index in [1.165, 1.54) is 31.3 Å². The summed E-state index contributed by atoms with van der Waals surface area (Å²) in [5, 5.41) is 5.65. The average Bonchev–Trinajstić information content (AvgIpc) is 2.47. The average molecular weight is 297 g/mol. The molecule has 1 aliphatic rings. The van der Waals surface area contributed by atoms with E-state index in [0.717, 1.165) is 19.4 Å². The Morgan fingerprint density at radius 1 is 1.30 bits per heavy atom. The normalized spacial score (nSPS) is 19.6. The molecule has 3 N–H and O–H groups in total. The first kappa shape index (κ1) is 15.0. The molecule has 1 fully saturated rings. The summed E-state index contributed by atoms with van der Waals surface area (Å²) in [4.78, 5) is 11.6. The third kappa shape index (κ3) is 3.56. The highest BCUT2D eigenvalue weighted by Crippen LogP contribution is 2.13. The van der Waals surface area contributed by atoms with Crippen LogP contribution in [0, 0.1) is 0 Å². The SMILES string of the molecule is CNC(=O)c1ccc(S(=O)(=O)NC2CCCNC2)cc1. The number of rotatable bonds is 4. The highest BCUT2D eigenvalue weighted by molar-refractivity contribution is 7.89. The smallest absolute Gasteiger partial charge is 0.251 e. The molecule has 1 atom stereocenters. The van der Waals surface area contributed by atoms with E-state index in [4.69, 9.17) is 0 Å². The second kappa shape index (κ2) is 6.34. The van der Waals surface area contributed by atoms with Crippen molar-refractivity contribution in [2.75, 3.05) is 20.1 Å². The van der Waals surface area contributed by atoms with Crippen LogP contribution in [-0.2, 0) is 10.0 Å². The van der Waals surface area contributed by atoms with E-state index in [-0.39, 0.29) is 16.8 Å². The van der Waals surface area contributed by atoms with Crippen molar-refractivity contribution >= 4 is 15.9 Å². The van der Waals surface area contributed by atoms with Crippen molar-refractivity contribution < 1.29 is 13.2 Å². The second-order valence-corrected chi connectivity index (χ2v) is 6.48. The Labute approximate surface area is 119 Å². The van der Waals surface area contributed by atoms with E-state index in [1.54, 1.807) is 0 Å². The summed E-state index contributed by atoms with van der Waals surface area (Å²) in [6, 6.07) is 5.83. The van der Waals surface area contributed by atoms with Gasteiger partial charge < -0.3 is 10.6 Å². The predicted octanol–water partition coefficient (Wildman–Crippen LogP) is 0.0765. The number of nitrogens with one attached hydrogen (secondary N) is 3. The summed E-state index contributed by atoms with van der Waals surface area (Å²) in [5.41, 5.74) is 0.436. The first-order valence-corrected chi connectivity index (χ1v) is 8.06. The fourth-order valence-electron chi connectivity index (χ4n) is 2.17. The minimum absolute atomic E-state index is 0.0765. The molecule has 110 valence electrons. The molecule has 7 heteroatoms. The zero-order chi connectivity index (χ0) is 14.6. The van der Waals surface area contributed by atoms with Gasteiger partial charge in [-0.1, -0.05) is 0 Å². The van der Waals surface area contributed by atoms with Crippen LogP contribution in [0.4, 0.5) is 0 Å². The van der Waals surface area contributed by atoms with Crippen LogP contribution in [0.3, 0.4) is 0 Å². The maximum atomic E-state index is 12.2. The van der Waals surface area contributed by atoms with Gasteiger partial charge in [0.1, 0.15) is 0 Å². The van der Waals surface area contributed by atoms with Gasteiger partial charge in [0, 0.05) is 25.2 Å². The maximum Gasteiger partial charge on any atom is 0.251 e. The Balaban J connectivity index is 2.10. The molecule has 0 bridgehead atoms. The van der Waals surface area contributed by atoms with Gasteiger partial charge in [-0.3, -0.25) is 4.79 Å². The van der Waals surface area contributed by atoms with E-state index in [2.05, 4.69) is 15.4 Å². The van der Waals surface area contributed by atoms with Crippen molar-refractivity contribution in [3.8, 4) is 0 Å². The van der Waals surface area contributed by atoms with E-state index < -0.39 is 10.0 Å². The third-order valence-corrected chi connectivity index (χ3v) is 4.81. The van der Waals surface area contributed by atoms with Gasteiger partial charge in [0.25, 0.3) is 5.91 Å². The maximum absolute atomic E-state index is 12.2. The number of hydrogen-bond donors (Lipinski definition) is 3. The lowest BCUT2D eigenvalue weighted by molar-refractivity contribution is 0.0963. The lowest BCUT2D eigenvalue weighted by Gasteiger charge is -2.23. The molecule has 0 spiro atoms. The standard InChI is InChI=1S/C13H19N3O3S/c1-14-13(17)10-4-6-12(7-5-10)20(18,19)16-11-3-2-8-15-9-11/h4-7,11,15-16H,2-3,8-9H2,1H3,(H,14,17). The van der Waals surface area contributed by atoms with Crippen molar-refractivity contribution in [1.82, 2.24) is 15.4 Å². The second-order valence-electron chi connectivity index (χ2n) is 4.77. The van der Waals surface area contributed by atoms with Crippen LogP contribution >= 0.6 is 0 Å². The summed E-state index contributed by atoms with van der Waals surface area (Å²) < 4.78 is 27.1. The molecule has 2 rings (SSSR count). The van der Waals surface area contributed by atoms with Gasteiger partial charge in [-0.15, -0.1) is 0 Å². The van der Waals surface area contributed by atoms with Crippen molar-refractivity contribution in [2.45, 2.75) is 23.8 Å². The lowest BCUT2D eigenvalue weighted by Crippen LogP contribution is -2.45. The predicted molar refractivity (Wildman–Crippen MR) is 76.0 cm³/mol. The van der Waals surface area contributed by atoms with Gasteiger partial charge >= 0.3 is 0 Å². The molecular weight excluding hydrogens is 278 g/mol. The molecule has 1 aliphatic heterocycles. The fraction of sp³-hybridized carbons (Fsp3) is 0.462. The van der Waals surface area contributed by atoms with Crippen molar-refractivity contribution in [3.05, 3.63) is 29.8 Å². The number of amides is 1. The lowest BCUT2D eigenvalue weighted by atomic mass is 10.1. The molecule has 1 aromatic carbocycles. The van der Waals surface area contributed by atoms with Gasteiger partial charge in [-0.25, -0.2) is 13.1 Å². The summed E-state index contributed by atoms with van der Waals surface area (Å²) in [5.74, 6) is -0.238. The highest BCUT2D eigenvalue weighted by Gasteiger charge is 2.21. The van der Waals surface area contributed by atoms with E-state index >= 15 is 0 Å². The van der Waals surface area contributed by atoms with Crippen LogP contribution in [0.15, 0.2) is 29.2 Å². The summed E-state index contributed by atoms with van der Waals surface area (Å²) in [7, 11) is -2.00. The van der Waals surface area contributed by atoms with Gasteiger partial charge in [0.05, 0.1) is 4.90 Å². The molecule has 1 heterocycles. The zero-order valence-electron chi connectivity index (χ0n) is 11.3. The molecule has 1 saturated heterocycles. The summed E-state index contributed by atoms with van der Waals surface area (Å²) in [6.45, 7) is 1.58. The minimum atomic E-state index is -3.53. The number of hydrogen-bond acceptors (Lipinski definition) is 4. The van der Waals surface area contributed by atoms with Gasteiger partial charge in [0.2, 0.25) is 10.0 Å². The number of carbonyl (C=O) groups excluding carboxylic acids is 1. The van der Waals surface area contributed by atoms with Crippen molar-refractivity contribution in [1.29, 1.82) is 0 Å². The Morgan fingerprint density at radius 3 is 2.55 bits per heavy atom.